The Morgan fingerprint density at radius 2 is 1.73 bits per heavy atom. The second kappa shape index (κ2) is 3.43. The maximum absolute atomic E-state index is 11.9. The molecule has 2 aliphatic carbocycles. The van der Waals surface area contributed by atoms with E-state index in [2.05, 4.69) is 9.62 Å². The normalized spacial score (nSPS) is 29.9. The van der Waals surface area contributed by atoms with Gasteiger partial charge in [0, 0.05) is 25.2 Å². The highest BCUT2D eigenvalue weighted by molar-refractivity contribution is 7.90. The van der Waals surface area contributed by atoms with Crippen LogP contribution in [0.2, 0.25) is 0 Å². The smallest absolute Gasteiger partial charge is 0.217 e. The summed E-state index contributed by atoms with van der Waals surface area (Å²) in [6, 6.07) is 0.949. The zero-order valence-electron chi connectivity index (χ0n) is 8.85. The third-order valence-corrected chi connectivity index (χ3v) is 5.65. The first-order valence-electron chi connectivity index (χ1n) is 5.90. The minimum absolute atomic E-state index is 0.140. The second-order valence-electron chi connectivity index (χ2n) is 5.10. The Kier molecular flexibility index (Phi) is 2.30. The van der Waals surface area contributed by atoms with Crippen LogP contribution >= 0.6 is 0 Å². The van der Waals surface area contributed by atoms with E-state index >= 15 is 0 Å². The molecule has 0 spiro atoms. The van der Waals surface area contributed by atoms with Crippen LogP contribution in [0.5, 0.6) is 0 Å². The van der Waals surface area contributed by atoms with E-state index in [1.807, 2.05) is 0 Å². The summed E-state index contributed by atoms with van der Waals surface area (Å²) >= 11 is 0. The number of likely N-dealkylation sites (tertiary alicyclic amines) is 1. The Hall–Kier alpha value is -0.130. The number of hydrogen-bond donors (Lipinski definition) is 1. The molecule has 0 aromatic rings. The molecule has 0 amide bonds. The third-order valence-electron chi connectivity index (χ3n) is 3.81. The largest absolute Gasteiger partial charge is 0.298 e. The van der Waals surface area contributed by atoms with Crippen LogP contribution in [0.4, 0.5) is 0 Å². The van der Waals surface area contributed by atoms with Crippen molar-refractivity contribution in [3.63, 3.8) is 0 Å². The number of sulfonamides is 1. The van der Waals surface area contributed by atoms with Crippen molar-refractivity contribution in [3.8, 4) is 0 Å². The van der Waals surface area contributed by atoms with Gasteiger partial charge < -0.3 is 0 Å². The Morgan fingerprint density at radius 1 is 1.07 bits per heavy atom. The van der Waals surface area contributed by atoms with Gasteiger partial charge in [0.25, 0.3) is 0 Å². The first-order valence-corrected chi connectivity index (χ1v) is 7.45. The van der Waals surface area contributed by atoms with Crippen LogP contribution in [0.3, 0.4) is 0 Å². The minimum Gasteiger partial charge on any atom is -0.298 e. The van der Waals surface area contributed by atoms with Crippen LogP contribution in [-0.2, 0) is 10.0 Å². The molecule has 0 aromatic carbocycles. The zero-order chi connectivity index (χ0) is 10.5. The molecule has 1 heterocycles. The molecule has 3 aliphatic rings. The minimum atomic E-state index is -3.01. The van der Waals surface area contributed by atoms with E-state index in [1.165, 1.54) is 19.3 Å². The van der Waals surface area contributed by atoms with Gasteiger partial charge in [0.05, 0.1) is 0 Å². The van der Waals surface area contributed by atoms with Gasteiger partial charge in [0.2, 0.25) is 10.0 Å². The van der Waals surface area contributed by atoms with E-state index < -0.39 is 10.0 Å². The molecular weight excluding hydrogens is 212 g/mol. The molecule has 4 nitrogen and oxygen atoms in total. The first kappa shape index (κ1) is 10.1. The van der Waals surface area contributed by atoms with Crippen molar-refractivity contribution in [2.45, 2.75) is 49.4 Å². The molecule has 3 fully saturated rings. The average molecular weight is 230 g/mol. The highest BCUT2D eigenvalue weighted by Crippen LogP contribution is 2.32. The Morgan fingerprint density at radius 3 is 2.20 bits per heavy atom. The summed E-state index contributed by atoms with van der Waals surface area (Å²) in [5, 5.41) is -0.140. The SMILES string of the molecule is O=S(=O)(NC1CCC1)C1CN(C2CC2)C1. The highest BCUT2D eigenvalue weighted by Gasteiger charge is 2.44. The van der Waals surface area contributed by atoms with Gasteiger partial charge in [-0.25, -0.2) is 13.1 Å². The van der Waals surface area contributed by atoms with Crippen LogP contribution in [0.25, 0.3) is 0 Å². The number of nitrogens with one attached hydrogen (secondary N) is 1. The predicted octanol–water partition coefficient (Wildman–Crippen LogP) is 0.305. The number of hydrogen-bond acceptors (Lipinski definition) is 3. The molecule has 1 N–H and O–H groups in total. The summed E-state index contributed by atoms with van der Waals surface area (Å²) in [5.41, 5.74) is 0. The van der Waals surface area contributed by atoms with Crippen LogP contribution in [0.15, 0.2) is 0 Å². The molecule has 0 radical (unpaired) electrons. The quantitative estimate of drug-likeness (QED) is 0.756. The predicted molar refractivity (Wildman–Crippen MR) is 58.1 cm³/mol. The van der Waals surface area contributed by atoms with Gasteiger partial charge in [-0.15, -0.1) is 0 Å². The van der Waals surface area contributed by atoms with E-state index in [4.69, 9.17) is 0 Å². The molecule has 3 rings (SSSR count). The van der Waals surface area contributed by atoms with Gasteiger partial charge in [0.15, 0.2) is 0 Å². The van der Waals surface area contributed by atoms with Crippen molar-refractivity contribution < 1.29 is 8.42 Å². The Bertz CT molecular complexity index is 340. The lowest BCUT2D eigenvalue weighted by atomic mass is 9.94. The molecule has 2 saturated carbocycles. The maximum Gasteiger partial charge on any atom is 0.217 e. The monoisotopic (exact) mass is 230 g/mol. The molecule has 0 aromatic heterocycles. The third kappa shape index (κ3) is 1.92. The molecule has 5 heteroatoms. The second-order valence-corrected chi connectivity index (χ2v) is 7.09. The van der Waals surface area contributed by atoms with Gasteiger partial charge in [0.1, 0.15) is 5.25 Å². The van der Waals surface area contributed by atoms with Crippen molar-refractivity contribution in [2.75, 3.05) is 13.1 Å². The van der Waals surface area contributed by atoms with E-state index in [1.54, 1.807) is 0 Å². The molecule has 1 saturated heterocycles. The van der Waals surface area contributed by atoms with Crippen LogP contribution in [0, 0.1) is 0 Å². The zero-order valence-corrected chi connectivity index (χ0v) is 9.67. The van der Waals surface area contributed by atoms with E-state index in [-0.39, 0.29) is 11.3 Å². The summed E-state index contributed by atoms with van der Waals surface area (Å²) in [5.74, 6) is 0. The first-order chi connectivity index (χ1) is 7.15. The summed E-state index contributed by atoms with van der Waals surface area (Å²) in [7, 11) is -3.01. The molecule has 0 atom stereocenters. The highest BCUT2D eigenvalue weighted by atomic mass is 32.2. The average Bonchev–Trinajstić information content (AvgIpc) is 2.77. The van der Waals surface area contributed by atoms with Crippen LogP contribution in [-0.4, -0.2) is 43.7 Å². The van der Waals surface area contributed by atoms with Crippen molar-refractivity contribution in [1.29, 1.82) is 0 Å². The fraction of sp³-hybridized carbons (Fsp3) is 1.00. The lowest BCUT2D eigenvalue weighted by molar-refractivity contribution is 0.173. The summed E-state index contributed by atoms with van der Waals surface area (Å²) in [4.78, 5) is 2.30. The summed E-state index contributed by atoms with van der Waals surface area (Å²) < 4.78 is 26.6. The number of nitrogens with zero attached hydrogens (tertiary/aromatic N) is 1. The Balaban J connectivity index is 1.52. The van der Waals surface area contributed by atoms with E-state index in [9.17, 15) is 8.42 Å². The van der Waals surface area contributed by atoms with Crippen LogP contribution < -0.4 is 4.72 Å². The fourth-order valence-electron chi connectivity index (χ4n) is 2.26. The lowest BCUT2D eigenvalue weighted by Crippen LogP contribution is -2.59. The van der Waals surface area contributed by atoms with E-state index in [0.29, 0.717) is 6.04 Å². The van der Waals surface area contributed by atoms with Crippen molar-refractivity contribution in [1.82, 2.24) is 9.62 Å². The Labute approximate surface area is 91.1 Å². The molecule has 0 unspecified atom stereocenters. The molecular formula is C10H18N2O2S. The molecule has 1 aliphatic heterocycles. The van der Waals surface area contributed by atoms with Gasteiger partial charge >= 0.3 is 0 Å². The van der Waals surface area contributed by atoms with Gasteiger partial charge in [-0.3, -0.25) is 4.90 Å². The van der Waals surface area contributed by atoms with E-state index in [0.717, 1.165) is 25.9 Å². The van der Waals surface area contributed by atoms with Crippen molar-refractivity contribution >= 4 is 10.0 Å². The maximum atomic E-state index is 11.9. The topological polar surface area (TPSA) is 49.4 Å². The fourth-order valence-corrected chi connectivity index (χ4v) is 3.93. The van der Waals surface area contributed by atoms with Crippen LogP contribution in [0.1, 0.15) is 32.1 Å². The molecule has 15 heavy (non-hydrogen) atoms. The summed E-state index contributed by atoms with van der Waals surface area (Å²) in [6.45, 7) is 1.51. The summed E-state index contributed by atoms with van der Waals surface area (Å²) in [6.07, 6.45) is 5.76. The standard InChI is InChI=1S/C10H18N2O2S/c13-15(14,11-8-2-1-3-8)10-6-12(7-10)9-4-5-9/h8-11H,1-7H2. The number of rotatable bonds is 4. The van der Waals surface area contributed by atoms with Crippen molar-refractivity contribution in [2.24, 2.45) is 0 Å². The van der Waals surface area contributed by atoms with Gasteiger partial charge in [-0.1, -0.05) is 6.42 Å². The molecule has 86 valence electrons. The molecule has 0 bridgehead atoms. The lowest BCUT2D eigenvalue weighted by Gasteiger charge is -2.40. The van der Waals surface area contributed by atoms with Gasteiger partial charge in [-0.05, 0) is 25.7 Å². The van der Waals surface area contributed by atoms with Crippen molar-refractivity contribution in [3.05, 3.63) is 0 Å². The van der Waals surface area contributed by atoms with Gasteiger partial charge in [-0.2, -0.15) is 0 Å².